The first-order valence-electron chi connectivity index (χ1n) is 25.3. The van der Waals surface area contributed by atoms with Crippen molar-refractivity contribution in [1.82, 2.24) is 4.98 Å². The van der Waals surface area contributed by atoms with E-state index in [1.165, 1.54) is 82.9 Å². The molecule has 344 valence electrons. The van der Waals surface area contributed by atoms with Crippen LogP contribution < -0.4 is 4.90 Å². The summed E-state index contributed by atoms with van der Waals surface area (Å²) in [6.07, 6.45) is 1.93. The van der Waals surface area contributed by atoms with Crippen LogP contribution in [0, 0.1) is 0 Å². The Kier molecular flexibility index (Phi) is 8.23. The minimum atomic E-state index is -0.336. The van der Waals surface area contributed by atoms with Crippen molar-refractivity contribution in [3.63, 3.8) is 0 Å². The summed E-state index contributed by atoms with van der Waals surface area (Å²) in [7, 11) is 0. The molecule has 0 bridgehead atoms. The molecule has 0 saturated heterocycles. The molecule has 4 heteroatoms. The third-order valence-electron chi connectivity index (χ3n) is 16.9. The Labute approximate surface area is 418 Å². The van der Waals surface area contributed by atoms with Crippen molar-refractivity contribution in [3.8, 4) is 55.6 Å². The number of pyridine rings is 1. The van der Waals surface area contributed by atoms with E-state index in [0.29, 0.717) is 0 Å². The van der Waals surface area contributed by atoms with Gasteiger partial charge in [0.25, 0.3) is 0 Å². The van der Waals surface area contributed by atoms with E-state index < -0.39 is 0 Å². The summed E-state index contributed by atoms with van der Waals surface area (Å²) in [5.41, 5.74) is 25.1. The second kappa shape index (κ2) is 14.3. The van der Waals surface area contributed by atoms with Crippen LogP contribution in [0.3, 0.4) is 0 Å². The molecule has 4 nitrogen and oxygen atoms in total. The van der Waals surface area contributed by atoms with Gasteiger partial charge in [0.15, 0.2) is 0 Å². The van der Waals surface area contributed by atoms with Crippen LogP contribution in [-0.2, 0) is 16.2 Å². The Morgan fingerprint density at radius 3 is 1.61 bits per heavy atom. The maximum absolute atomic E-state index is 6.81. The molecule has 9 aromatic carbocycles. The lowest BCUT2D eigenvalue weighted by Crippen LogP contribution is -2.19. The number of para-hydroxylation sites is 2. The fraction of sp³-hybridized carbons (Fsp3) is 0.132. The molecule has 0 radical (unpaired) electrons. The van der Waals surface area contributed by atoms with Crippen LogP contribution in [0.15, 0.2) is 203 Å². The molecule has 0 spiro atoms. The summed E-state index contributed by atoms with van der Waals surface area (Å²) in [6, 6.07) is 68.8. The first-order chi connectivity index (χ1) is 35.0. The van der Waals surface area contributed by atoms with Crippen LogP contribution in [0.5, 0.6) is 0 Å². The first kappa shape index (κ1) is 41.3. The Morgan fingerprint density at radius 2 is 0.889 bits per heavy atom. The van der Waals surface area contributed by atoms with Crippen molar-refractivity contribution in [3.05, 3.63) is 228 Å². The van der Waals surface area contributed by atoms with Crippen LogP contribution in [0.2, 0.25) is 0 Å². The number of hydrogen-bond acceptors (Lipinski definition) is 4. The second-order valence-corrected chi connectivity index (χ2v) is 21.8. The zero-order valence-corrected chi connectivity index (χ0v) is 41.2. The van der Waals surface area contributed by atoms with Gasteiger partial charge in [-0.15, -0.1) is 0 Å². The highest BCUT2D eigenvalue weighted by Crippen LogP contribution is 2.60. The second-order valence-electron chi connectivity index (χ2n) is 21.8. The van der Waals surface area contributed by atoms with Gasteiger partial charge in [-0.1, -0.05) is 157 Å². The van der Waals surface area contributed by atoms with Crippen LogP contribution in [0.4, 0.5) is 17.2 Å². The number of anilines is 3. The van der Waals surface area contributed by atoms with Crippen molar-refractivity contribution < 1.29 is 8.83 Å². The Hall–Kier alpha value is -8.47. The normalized spacial score (nSPS) is 15.1. The summed E-state index contributed by atoms with van der Waals surface area (Å²) in [4.78, 5) is 7.69. The Balaban J connectivity index is 0.924. The van der Waals surface area contributed by atoms with Crippen LogP contribution in [0.1, 0.15) is 74.9 Å². The molecule has 3 aliphatic carbocycles. The molecule has 0 unspecified atom stereocenters. The molecule has 0 atom stereocenters. The van der Waals surface area contributed by atoms with Gasteiger partial charge < -0.3 is 8.83 Å². The molecule has 0 amide bonds. The molecule has 3 aromatic heterocycles. The van der Waals surface area contributed by atoms with Gasteiger partial charge in [0.05, 0.1) is 0 Å². The topological polar surface area (TPSA) is 42.4 Å². The quantitative estimate of drug-likeness (QED) is 0.172. The van der Waals surface area contributed by atoms with Gasteiger partial charge in [-0.05, 0) is 151 Å². The van der Waals surface area contributed by atoms with E-state index in [9.17, 15) is 0 Å². The average Bonchev–Trinajstić information content (AvgIpc) is 4.16. The third-order valence-corrected chi connectivity index (χ3v) is 16.9. The standard InChI is InChI=1S/C68H50N2O2/c1-66(2)51-31-32-59-62(46-22-13-15-25-57(46)71-59)61(51)50-38-54-49(37-55(50)66)44-29-27-41(34-52(44)67(54,3)4)70(65-43(24-17-33-69-65)39-18-9-7-10-19-39)42-28-30-45-53(35-42)68(5,6)56-36-48(40-20-11-8-12-21-40)64-63(60(45)56)47-23-14-16-26-58(47)72-64/h7-38H,1-6H3. The zero-order chi connectivity index (χ0) is 48.4. The number of hydrogen-bond donors (Lipinski definition) is 0. The molecule has 15 rings (SSSR count). The SMILES string of the molecule is CC1(C)c2cc(N(c3ccc4c(c3)C(C)(C)c3cc(-c5ccccc5)c5oc6ccccc6c5c3-4)c3ncccc3-c3ccccc3)ccc2-c2cc3c(cc21)-c1c(ccc2oc4ccccc4c12)C3(C)C. The molecule has 0 N–H and O–H groups in total. The van der Waals surface area contributed by atoms with Crippen LogP contribution in [0.25, 0.3) is 99.5 Å². The van der Waals surface area contributed by atoms with Gasteiger partial charge in [-0.2, -0.15) is 0 Å². The Morgan fingerprint density at radius 1 is 0.361 bits per heavy atom. The number of benzene rings is 9. The lowest BCUT2D eigenvalue weighted by atomic mass is 9.79. The van der Waals surface area contributed by atoms with Gasteiger partial charge in [0.1, 0.15) is 28.1 Å². The number of furan rings is 2. The van der Waals surface area contributed by atoms with Crippen molar-refractivity contribution in [2.75, 3.05) is 4.90 Å². The molecule has 72 heavy (non-hydrogen) atoms. The van der Waals surface area contributed by atoms with E-state index in [4.69, 9.17) is 13.8 Å². The van der Waals surface area contributed by atoms with E-state index in [0.717, 1.165) is 67.2 Å². The van der Waals surface area contributed by atoms with Crippen molar-refractivity contribution in [2.24, 2.45) is 0 Å². The highest BCUT2D eigenvalue weighted by atomic mass is 16.3. The van der Waals surface area contributed by atoms with Crippen LogP contribution in [-0.4, -0.2) is 4.98 Å². The number of nitrogens with zero attached hydrogens (tertiary/aromatic N) is 2. The third kappa shape index (κ3) is 5.44. The lowest BCUT2D eigenvalue weighted by molar-refractivity contribution is 0.651. The summed E-state index contributed by atoms with van der Waals surface area (Å²) >= 11 is 0. The molecule has 0 aliphatic heterocycles. The summed E-state index contributed by atoms with van der Waals surface area (Å²) in [5, 5.41) is 4.70. The molecular formula is C68H50N2O2. The monoisotopic (exact) mass is 926 g/mol. The van der Waals surface area contributed by atoms with Gasteiger partial charge in [0.2, 0.25) is 0 Å². The molecule has 0 fully saturated rings. The fourth-order valence-electron chi connectivity index (χ4n) is 13.3. The molecule has 3 heterocycles. The van der Waals surface area contributed by atoms with E-state index in [2.05, 4.69) is 234 Å². The summed E-state index contributed by atoms with van der Waals surface area (Å²) in [5.74, 6) is 0.883. The summed E-state index contributed by atoms with van der Waals surface area (Å²) in [6.45, 7) is 14.4. The van der Waals surface area contributed by atoms with E-state index in [-0.39, 0.29) is 16.2 Å². The highest BCUT2D eigenvalue weighted by Gasteiger charge is 2.44. The van der Waals surface area contributed by atoms with Crippen molar-refractivity contribution >= 4 is 61.1 Å². The van der Waals surface area contributed by atoms with Crippen molar-refractivity contribution in [2.45, 2.75) is 57.8 Å². The summed E-state index contributed by atoms with van der Waals surface area (Å²) < 4.78 is 13.3. The maximum atomic E-state index is 6.81. The van der Waals surface area contributed by atoms with E-state index in [1.807, 2.05) is 6.20 Å². The number of rotatable bonds is 5. The fourth-order valence-corrected chi connectivity index (χ4v) is 13.3. The Bertz CT molecular complexity index is 4300. The van der Waals surface area contributed by atoms with Gasteiger partial charge in [-0.3, -0.25) is 4.90 Å². The number of fused-ring (bicyclic) bond motifs is 17. The number of aromatic nitrogens is 1. The van der Waals surface area contributed by atoms with Crippen LogP contribution >= 0.6 is 0 Å². The van der Waals surface area contributed by atoms with Gasteiger partial charge in [0, 0.05) is 66.5 Å². The molecule has 12 aromatic rings. The average molecular weight is 927 g/mol. The zero-order valence-electron chi connectivity index (χ0n) is 41.2. The smallest absolute Gasteiger partial charge is 0.145 e. The predicted octanol–water partition coefficient (Wildman–Crippen LogP) is 18.6. The minimum Gasteiger partial charge on any atom is -0.456 e. The van der Waals surface area contributed by atoms with E-state index >= 15 is 0 Å². The first-order valence-corrected chi connectivity index (χ1v) is 25.3. The molecule has 0 saturated carbocycles. The van der Waals surface area contributed by atoms with Gasteiger partial charge >= 0.3 is 0 Å². The lowest BCUT2D eigenvalue weighted by Gasteiger charge is -2.30. The predicted molar refractivity (Wildman–Crippen MR) is 297 cm³/mol. The largest absolute Gasteiger partial charge is 0.456 e. The molecule has 3 aliphatic rings. The highest BCUT2D eigenvalue weighted by molar-refractivity contribution is 6.19. The van der Waals surface area contributed by atoms with Crippen molar-refractivity contribution in [1.29, 1.82) is 0 Å². The minimum absolute atomic E-state index is 0.191. The molecular weight excluding hydrogens is 877 g/mol. The maximum Gasteiger partial charge on any atom is 0.145 e. The van der Waals surface area contributed by atoms with E-state index in [1.54, 1.807) is 0 Å². The van der Waals surface area contributed by atoms with Gasteiger partial charge in [-0.25, -0.2) is 4.98 Å².